The zero-order chi connectivity index (χ0) is 15.6. The van der Waals surface area contributed by atoms with Crippen LogP contribution in [0.4, 0.5) is 0 Å². The highest BCUT2D eigenvalue weighted by molar-refractivity contribution is 7.15. The van der Waals surface area contributed by atoms with E-state index in [-0.39, 0.29) is 0 Å². The molecule has 5 heteroatoms. The minimum absolute atomic E-state index is 0.592. The molecule has 1 heterocycles. The quantitative estimate of drug-likeness (QED) is 0.914. The van der Waals surface area contributed by atoms with E-state index in [4.69, 9.17) is 9.47 Å². The first-order valence-electron chi connectivity index (χ1n) is 6.88. The Morgan fingerprint density at radius 3 is 2.52 bits per heavy atom. The second-order valence-corrected chi connectivity index (χ2v) is 6.29. The number of thiazole rings is 1. The van der Waals surface area contributed by atoms with Crippen LogP contribution in [0.1, 0.15) is 31.3 Å². The molecule has 0 spiro atoms. The fraction of sp³-hybridized carbons (Fsp3) is 0.438. The number of aromatic nitrogens is 1. The lowest BCUT2D eigenvalue weighted by molar-refractivity contribution is 0.0817. The molecule has 1 aromatic heterocycles. The van der Waals surface area contributed by atoms with Crippen LogP contribution in [0.25, 0.3) is 10.6 Å². The highest BCUT2D eigenvalue weighted by Crippen LogP contribution is 2.37. The first kappa shape index (κ1) is 15.8. The fourth-order valence-electron chi connectivity index (χ4n) is 2.16. The molecule has 0 saturated carbocycles. The molecule has 0 unspecified atom stereocenters. The number of aliphatic hydroxyl groups is 1. The van der Waals surface area contributed by atoms with Crippen LogP contribution >= 0.6 is 11.3 Å². The highest BCUT2D eigenvalue weighted by atomic mass is 32.1. The summed E-state index contributed by atoms with van der Waals surface area (Å²) in [7, 11) is 1.62. The first-order chi connectivity index (χ1) is 9.86. The molecule has 2 aromatic rings. The van der Waals surface area contributed by atoms with Crippen LogP contribution in [0.3, 0.4) is 0 Å². The van der Waals surface area contributed by atoms with Gasteiger partial charge in [0.15, 0.2) is 11.5 Å². The Kier molecular flexibility index (Phi) is 4.54. The van der Waals surface area contributed by atoms with Gasteiger partial charge in [-0.05, 0) is 45.9 Å². The average Bonchev–Trinajstić information content (AvgIpc) is 2.81. The van der Waals surface area contributed by atoms with Crippen molar-refractivity contribution in [3.05, 3.63) is 28.8 Å². The lowest BCUT2D eigenvalue weighted by atomic mass is 10.1. The zero-order valence-corrected chi connectivity index (χ0v) is 13.9. The molecule has 1 aromatic carbocycles. The third-order valence-corrected chi connectivity index (χ3v) is 4.58. The van der Waals surface area contributed by atoms with Gasteiger partial charge in [-0.15, -0.1) is 11.3 Å². The molecule has 0 amide bonds. The first-order valence-corrected chi connectivity index (χ1v) is 7.70. The molecule has 0 aliphatic heterocycles. The van der Waals surface area contributed by atoms with Crippen LogP contribution in [-0.2, 0) is 5.60 Å². The second-order valence-electron chi connectivity index (χ2n) is 5.29. The number of nitrogens with zero attached hydrogens (tertiary/aromatic N) is 1. The Bertz CT molecular complexity index is 629. The third-order valence-electron chi connectivity index (χ3n) is 3.06. The molecule has 0 saturated heterocycles. The van der Waals surface area contributed by atoms with Gasteiger partial charge in [-0.3, -0.25) is 0 Å². The van der Waals surface area contributed by atoms with E-state index in [9.17, 15) is 5.11 Å². The molecule has 0 aliphatic rings. The maximum absolute atomic E-state index is 10.2. The molecule has 0 atom stereocenters. The summed E-state index contributed by atoms with van der Waals surface area (Å²) in [5.41, 5.74) is 0.935. The van der Waals surface area contributed by atoms with Gasteiger partial charge in [-0.2, -0.15) is 0 Å². The molecular weight excluding hydrogens is 286 g/mol. The summed E-state index contributed by atoms with van der Waals surface area (Å²) in [6, 6.07) is 5.76. The third kappa shape index (κ3) is 3.36. The predicted molar refractivity (Wildman–Crippen MR) is 85.3 cm³/mol. The summed E-state index contributed by atoms with van der Waals surface area (Å²) in [6.45, 7) is 7.99. The van der Waals surface area contributed by atoms with Crippen LogP contribution in [0.5, 0.6) is 11.5 Å². The van der Waals surface area contributed by atoms with Crippen molar-refractivity contribution in [2.24, 2.45) is 0 Å². The van der Waals surface area contributed by atoms with E-state index in [2.05, 4.69) is 4.98 Å². The molecule has 0 radical (unpaired) electrons. The molecule has 0 aliphatic carbocycles. The zero-order valence-electron chi connectivity index (χ0n) is 13.1. The van der Waals surface area contributed by atoms with Crippen molar-refractivity contribution < 1.29 is 14.6 Å². The van der Waals surface area contributed by atoms with Crippen molar-refractivity contribution in [1.82, 2.24) is 4.98 Å². The van der Waals surface area contributed by atoms with Crippen LogP contribution in [0, 0.1) is 6.92 Å². The minimum atomic E-state index is -0.880. The number of methoxy groups -OCH3 is 1. The number of ether oxygens (including phenoxy) is 2. The number of benzene rings is 1. The number of rotatable bonds is 5. The largest absolute Gasteiger partial charge is 0.493 e. The average molecular weight is 307 g/mol. The van der Waals surface area contributed by atoms with Crippen LogP contribution in [0.15, 0.2) is 18.2 Å². The summed E-state index contributed by atoms with van der Waals surface area (Å²) in [5.74, 6) is 1.41. The topological polar surface area (TPSA) is 51.6 Å². The summed E-state index contributed by atoms with van der Waals surface area (Å²) in [4.78, 5) is 5.44. The van der Waals surface area contributed by atoms with E-state index in [1.54, 1.807) is 21.0 Å². The molecular formula is C16H21NO3S. The highest BCUT2D eigenvalue weighted by Gasteiger charge is 2.23. The Morgan fingerprint density at radius 2 is 2.00 bits per heavy atom. The molecule has 114 valence electrons. The SMILES string of the molecule is CCOc1ccc(-c2nc(C)c(C(C)(C)O)s2)cc1OC. The van der Waals surface area contributed by atoms with Crippen molar-refractivity contribution in [3.63, 3.8) is 0 Å². The normalized spacial score (nSPS) is 11.5. The van der Waals surface area contributed by atoms with Gasteiger partial charge in [0.25, 0.3) is 0 Å². The Morgan fingerprint density at radius 1 is 1.29 bits per heavy atom. The van der Waals surface area contributed by atoms with Crippen LogP contribution in [0.2, 0.25) is 0 Å². The molecule has 0 bridgehead atoms. The Hall–Kier alpha value is -1.59. The van der Waals surface area contributed by atoms with Crippen LogP contribution < -0.4 is 9.47 Å². The predicted octanol–water partition coefficient (Wildman–Crippen LogP) is 3.75. The summed E-state index contributed by atoms with van der Waals surface area (Å²) < 4.78 is 10.9. The molecule has 1 N–H and O–H groups in total. The van der Waals surface area contributed by atoms with Gasteiger partial charge in [0.05, 0.1) is 29.9 Å². The van der Waals surface area contributed by atoms with E-state index in [0.29, 0.717) is 12.4 Å². The van der Waals surface area contributed by atoms with Gasteiger partial charge in [-0.25, -0.2) is 4.98 Å². The molecule has 2 rings (SSSR count). The maximum Gasteiger partial charge on any atom is 0.161 e. The van der Waals surface area contributed by atoms with E-state index in [0.717, 1.165) is 26.9 Å². The lowest BCUT2D eigenvalue weighted by Gasteiger charge is -2.15. The second kappa shape index (κ2) is 6.03. The van der Waals surface area contributed by atoms with Crippen molar-refractivity contribution >= 4 is 11.3 Å². The Balaban J connectivity index is 2.43. The molecule has 0 fully saturated rings. The number of hydrogen-bond acceptors (Lipinski definition) is 5. The van der Waals surface area contributed by atoms with E-state index < -0.39 is 5.60 Å². The monoisotopic (exact) mass is 307 g/mol. The molecule has 21 heavy (non-hydrogen) atoms. The van der Waals surface area contributed by atoms with Crippen molar-refractivity contribution in [2.45, 2.75) is 33.3 Å². The van der Waals surface area contributed by atoms with E-state index in [1.807, 2.05) is 32.0 Å². The van der Waals surface area contributed by atoms with Gasteiger partial charge >= 0.3 is 0 Å². The van der Waals surface area contributed by atoms with E-state index in [1.165, 1.54) is 11.3 Å². The van der Waals surface area contributed by atoms with Crippen molar-refractivity contribution in [1.29, 1.82) is 0 Å². The van der Waals surface area contributed by atoms with Gasteiger partial charge in [0.2, 0.25) is 0 Å². The smallest absolute Gasteiger partial charge is 0.161 e. The van der Waals surface area contributed by atoms with Crippen molar-refractivity contribution in [3.8, 4) is 22.1 Å². The summed E-state index contributed by atoms with van der Waals surface area (Å²) in [6.07, 6.45) is 0. The fourth-order valence-corrected chi connectivity index (χ4v) is 3.23. The van der Waals surface area contributed by atoms with Gasteiger partial charge < -0.3 is 14.6 Å². The summed E-state index contributed by atoms with van der Waals surface area (Å²) >= 11 is 1.50. The number of aryl methyl sites for hydroxylation is 1. The minimum Gasteiger partial charge on any atom is -0.493 e. The summed E-state index contributed by atoms with van der Waals surface area (Å²) in [5, 5.41) is 11.0. The maximum atomic E-state index is 10.2. The Labute approximate surface area is 129 Å². The molecule has 4 nitrogen and oxygen atoms in total. The van der Waals surface area contributed by atoms with Gasteiger partial charge in [-0.1, -0.05) is 0 Å². The van der Waals surface area contributed by atoms with Gasteiger partial charge in [0, 0.05) is 5.56 Å². The standard InChI is InChI=1S/C16H21NO3S/c1-6-20-12-8-7-11(9-13(12)19-5)15-17-10(2)14(21-15)16(3,4)18/h7-9,18H,6H2,1-5H3. The van der Waals surface area contributed by atoms with Crippen molar-refractivity contribution in [2.75, 3.05) is 13.7 Å². The van der Waals surface area contributed by atoms with Gasteiger partial charge in [0.1, 0.15) is 5.01 Å². The van der Waals surface area contributed by atoms with Crippen LogP contribution in [-0.4, -0.2) is 23.8 Å². The lowest BCUT2D eigenvalue weighted by Crippen LogP contribution is -2.14. The number of hydrogen-bond donors (Lipinski definition) is 1. The van der Waals surface area contributed by atoms with E-state index >= 15 is 0 Å².